The molecule has 0 atom stereocenters. The van der Waals surface area contributed by atoms with Crippen molar-refractivity contribution in [1.29, 1.82) is 0 Å². The molecule has 2 aromatic heterocycles. The number of benzene rings is 4. The van der Waals surface area contributed by atoms with Gasteiger partial charge >= 0.3 is 0 Å². The second-order valence-corrected chi connectivity index (χ2v) is 10.0. The van der Waals surface area contributed by atoms with Gasteiger partial charge in [0.05, 0.1) is 30.5 Å². The van der Waals surface area contributed by atoms with Gasteiger partial charge in [-0.1, -0.05) is 24.3 Å². The van der Waals surface area contributed by atoms with Crippen molar-refractivity contribution in [3.05, 3.63) is 113 Å². The standard InChI is InChI=1S/C33H28N10O4/c1-46-26-14-10-23(11-15-26)36-32-40-31(41-33(42-32)37-24-12-16-27(47-2)17-13-24)35-22-8-6-20(7-9-22)28-19-29(39-30(34)38-28)21-4-3-5-25(18-21)43(44)45/h3-19H,1-2H3,(H2,34,38,39)(H3,35,36,37,40,41,42). The fourth-order valence-corrected chi connectivity index (χ4v) is 4.54. The highest BCUT2D eigenvalue weighted by atomic mass is 16.6. The maximum atomic E-state index is 11.3. The van der Waals surface area contributed by atoms with E-state index in [-0.39, 0.29) is 11.6 Å². The minimum Gasteiger partial charge on any atom is -0.497 e. The molecule has 6 aromatic rings. The van der Waals surface area contributed by atoms with Crippen LogP contribution in [0.3, 0.4) is 0 Å². The zero-order valence-corrected chi connectivity index (χ0v) is 25.2. The normalized spacial score (nSPS) is 10.6. The monoisotopic (exact) mass is 628 g/mol. The van der Waals surface area contributed by atoms with E-state index < -0.39 is 4.92 Å². The van der Waals surface area contributed by atoms with Gasteiger partial charge in [0.2, 0.25) is 23.8 Å². The summed E-state index contributed by atoms with van der Waals surface area (Å²) in [4.78, 5) is 33.2. The van der Waals surface area contributed by atoms with Crippen LogP contribution in [0.4, 0.5) is 46.5 Å². The average molecular weight is 629 g/mol. The number of nitro groups is 1. The van der Waals surface area contributed by atoms with Crippen molar-refractivity contribution in [3.8, 4) is 34.0 Å². The highest BCUT2D eigenvalue weighted by Crippen LogP contribution is 2.29. The summed E-state index contributed by atoms with van der Waals surface area (Å²) >= 11 is 0. The van der Waals surface area contributed by atoms with E-state index in [1.807, 2.05) is 72.8 Å². The van der Waals surface area contributed by atoms with Gasteiger partial charge in [-0.05, 0) is 66.7 Å². The van der Waals surface area contributed by atoms with E-state index in [2.05, 4.69) is 40.9 Å². The molecular formula is C33H28N10O4. The number of nitrogens with one attached hydrogen (secondary N) is 3. The first-order chi connectivity index (χ1) is 22.8. The molecule has 4 aromatic carbocycles. The number of ether oxygens (including phenoxy) is 2. The van der Waals surface area contributed by atoms with Crippen LogP contribution in [-0.4, -0.2) is 44.1 Å². The number of nitrogen functional groups attached to an aromatic ring is 1. The maximum absolute atomic E-state index is 11.3. The summed E-state index contributed by atoms with van der Waals surface area (Å²) in [5.41, 5.74) is 10.5. The topological polar surface area (TPSA) is 188 Å². The molecule has 14 nitrogen and oxygen atoms in total. The number of anilines is 7. The molecule has 14 heteroatoms. The van der Waals surface area contributed by atoms with Gasteiger partial charge in [0, 0.05) is 40.3 Å². The molecule has 47 heavy (non-hydrogen) atoms. The zero-order chi connectivity index (χ0) is 32.8. The fraction of sp³-hybridized carbons (Fsp3) is 0.0606. The SMILES string of the molecule is COc1ccc(Nc2nc(Nc3ccc(OC)cc3)nc(Nc3ccc(-c4cc(-c5cccc([N+](=O)[O-])c5)nc(N)n4)cc3)n2)cc1. The molecular weight excluding hydrogens is 600 g/mol. The number of aromatic nitrogens is 5. The minimum atomic E-state index is -0.455. The lowest BCUT2D eigenvalue weighted by Gasteiger charge is -2.12. The molecule has 0 aliphatic carbocycles. The van der Waals surface area contributed by atoms with E-state index in [0.717, 1.165) is 28.4 Å². The molecule has 2 heterocycles. The molecule has 0 spiro atoms. The predicted octanol–water partition coefficient (Wildman–Crippen LogP) is 6.73. The number of rotatable bonds is 11. The summed E-state index contributed by atoms with van der Waals surface area (Å²) in [7, 11) is 3.22. The van der Waals surface area contributed by atoms with Crippen LogP contribution < -0.4 is 31.2 Å². The lowest BCUT2D eigenvalue weighted by atomic mass is 10.1. The molecule has 234 valence electrons. The average Bonchev–Trinajstić information content (AvgIpc) is 3.09. The van der Waals surface area contributed by atoms with Crippen molar-refractivity contribution < 1.29 is 14.4 Å². The number of nitrogens with two attached hydrogens (primary N) is 1. The van der Waals surface area contributed by atoms with E-state index in [9.17, 15) is 10.1 Å². The summed E-state index contributed by atoms with van der Waals surface area (Å²) in [6, 6.07) is 30.1. The first-order valence-corrected chi connectivity index (χ1v) is 14.2. The molecule has 5 N–H and O–H groups in total. The van der Waals surface area contributed by atoms with Gasteiger partial charge in [-0.15, -0.1) is 0 Å². The largest absolute Gasteiger partial charge is 0.497 e. The minimum absolute atomic E-state index is 0.0419. The van der Waals surface area contributed by atoms with Gasteiger partial charge < -0.3 is 31.2 Å². The molecule has 0 saturated carbocycles. The van der Waals surface area contributed by atoms with Gasteiger partial charge in [0.25, 0.3) is 5.69 Å². The van der Waals surface area contributed by atoms with Crippen LogP contribution in [0.15, 0.2) is 103 Å². The van der Waals surface area contributed by atoms with E-state index in [0.29, 0.717) is 40.5 Å². The number of methoxy groups -OCH3 is 2. The quantitative estimate of drug-likeness (QED) is 0.0873. The Labute approximate surface area is 268 Å². The van der Waals surface area contributed by atoms with Gasteiger partial charge in [-0.25, -0.2) is 9.97 Å². The molecule has 0 unspecified atom stereocenters. The molecule has 6 rings (SSSR count). The number of nitro benzene ring substituents is 1. The van der Waals surface area contributed by atoms with Crippen molar-refractivity contribution in [1.82, 2.24) is 24.9 Å². The van der Waals surface area contributed by atoms with Crippen LogP contribution in [0.5, 0.6) is 11.5 Å². The Balaban J connectivity index is 1.26. The highest BCUT2D eigenvalue weighted by Gasteiger charge is 2.13. The third-order valence-electron chi connectivity index (χ3n) is 6.86. The van der Waals surface area contributed by atoms with Gasteiger partial charge in [0.1, 0.15) is 11.5 Å². The second-order valence-electron chi connectivity index (χ2n) is 10.0. The summed E-state index contributed by atoms with van der Waals surface area (Å²) in [6.45, 7) is 0. The van der Waals surface area contributed by atoms with Crippen molar-refractivity contribution in [3.63, 3.8) is 0 Å². The molecule has 0 aliphatic heterocycles. The van der Waals surface area contributed by atoms with E-state index in [1.165, 1.54) is 12.1 Å². The van der Waals surface area contributed by atoms with E-state index >= 15 is 0 Å². The molecule has 0 bridgehead atoms. The Morgan fingerprint density at radius 3 is 1.49 bits per heavy atom. The molecule has 0 aliphatic rings. The second kappa shape index (κ2) is 13.4. The molecule has 0 radical (unpaired) electrons. The third-order valence-corrected chi connectivity index (χ3v) is 6.86. The fourth-order valence-electron chi connectivity index (χ4n) is 4.54. The smallest absolute Gasteiger partial charge is 0.270 e. The van der Waals surface area contributed by atoms with E-state index in [4.69, 9.17) is 15.2 Å². The van der Waals surface area contributed by atoms with Crippen LogP contribution >= 0.6 is 0 Å². The Bertz CT molecular complexity index is 1960. The van der Waals surface area contributed by atoms with Crippen LogP contribution in [0.1, 0.15) is 0 Å². The number of hydrogen-bond acceptors (Lipinski definition) is 13. The van der Waals surface area contributed by atoms with Crippen molar-refractivity contribution >= 4 is 46.5 Å². The van der Waals surface area contributed by atoms with Crippen LogP contribution in [0, 0.1) is 10.1 Å². The first kappa shape index (κ1) is 30.2. The predicted molar refractivity (Wildman–Crippen MR) is 180 cm³/mol. The lowest BCUT2D eigenvalue weighted by molar-refractivity contribution is -0.384. The van der Waals surface area contributed by atoms with Crippen LogP contribution in [-0.2, 0) is 0 Å². The van der Waals surface area contributed by atoms with E-state index in [1.54, 1.807) is 32.4 Å². The first-order valence-electron chi connectivity index (χ1n) is 14.2. The maximum Gasteiger partial charge on any atom is 0.270 e. The molecule has 0 fully saturated rings. The van der Waals surface area contributed by atoms with Crippen molar-refractivity contribution in [2.24, 2.45) is 0 Å². The Hall–Kier alpha value is -6.83. The van der Waals surface area contributed by atoms with Crippen LogP contribution in [0.25, 0.3) is 22.5 Å². The Morgan fingerprint density at radius 1 is 0.596 bits per heavy atom. The third kappa shape index (κ3) is 7.46. The zero-order valence-electron chi connectivity index (χ0n) is 25.2. The number of non-ortho nitro benzene ring substituents is 1. The lowest BCUT2D eigenvalue weighted by Crippen LogP contribution is -2.07. The summed E-state index contributed by atoms with van der Waals surface area (Å²) in [5, 5.41) is 20.9. The Morgan fingerprint density at radius 2 is 1.04 bits per heavy atom. The van der Waals surface area contributed by atoms with Crippen LogP contribution in [0.2, 0.25) is 0 Å². The summed E-state index contributed by atoms with van der Waals surface area (Å²) in [5.74, 6) is 2.41. The van der Waals surface area contributed by atoms with Gasteiger partial charge in [-0.2, -0.15) is 15.0 Å². The van der Waals surface area contributed by atoms with Gasteiger partial charge in [0.15, 0.2) is 0 Å². The number of nitrogens with zero attached hydrogens (tertiary/aromatic N) is 6. The van der Waals surface area contributed by atoms with Gasteiger partial charge in [-0.3, -0.25) is 10.1 Å². The number of hydrogen-bond donors (Lipinski definition) is 4. The molecule has 0 saturated heterocycles. The highest BCUT2D eigenvalue weighted by molar-refractivity contribution is 5.72. The summed E-state index contributed by atoms with van der Waals surface area (Å²) in [6.07, 6.45) is 0. The Kier molecular flexibility index (Phi) is 8.64. The summed E-state index contributed by atoms with van der Waals surface area (Å²) < 4.78 is 10.5. The molecule has 0 amide bonds. The van der Waals surface area contributed by atoms with Crippen molar-refractivity contribution in [2.45, 2.75) is 0 Å². The van der Waals surface area contributed by atoms with Crippen molar-refractivity contribution in [2.75, 3.05) is 35.9 Å².